The standard InChI is InChI=1S/C30H20N6/c1-3-8-21-16-25(14-12-19(21)6-1)29-31-27(33-35-29)23-10-5-11-24(18-23)28-32-30(36-34-28)26-15-13-20-7-2-4-9-22(20)17-26/h1-18H,(H,31,33,35)(H,32,34,36). The van der Waals surface area contributed by atoms with E-state index in [0.29, 0.717) is 11.6 Å². The highest BCUT2D eigenvalue weighted by Crippen LogP contribution is 2.28. The number of H-pyrrole nitrogens is 2. The number of hydrogen-bond acceptors (Lipinski definition) is 4. The molecule has 6 heteroatoms. The molecule has 0 saturated carbocycles. The molecule has 0 unspecified atom stereocenters. The molecule has 0 aliphatic rings. The Morgan fingerprint density at radius 3 is 1.36 bits per heavy atom. The van der Waals surface area contributed by atoms with E-state index in [9.17, 15) is 0 Å². The van der Waals surface area contributed by atoms with Crippen LogP contribution in [0.2, 0.25) is 0 Å². The van der Waals surface area contributed by atoms with E-state index < -0.39 is 0 Å². The van der Waals surface area contributed by atoms with Crippen LogP contribution in [0.4, 0.5) is 0 Å². The van der Waals surface area contributed by atoms with Crippen molar-refractivity contribution >= 4 is 21.5 Å². The molecule has 0 atom stereocenters. The van der Waals surface area contributed by atoms with E-state index in [1.807, 2.05) is 48.5 Å². The summed E-state index contributed by atoms with van der Waals surface area (Å²) in [6, 6.07) is 37.1. The molecule has 170 valence electrons. The van der Waals surface area contributed by atoms with Crippen LogP contribution >= 0.6 is 0 Å². The predicted molar refractivity (Wildman–Crippen MR) is 143 cm³/mol. The number of fused-ring (bicyclic) bond motifs is 2. The number of nitrogens with one attached hydrogen (secondary N) is 2. The summed E-state index contributed by atoms with van der Waals surface area (Å²) in [5.74, 6) is 2.73. The van der Waals surface area contributed by atoms with Crippen molar-refractivity contribution in [3.8, 4) is 45.6 Å². The van der Waals surface area contributed by atoms with Gasteiger partial charge in [-0.2, -0.15) is 10.2 Å². The zero-order valence-corrected chi connectivity index (χ0v) is 19.2. The fraction of sp³-hybridized carbons (Fsp3) is 0. The quantitative estimate of drug-likeness (QED) is 0.297. The Hall–Kier alpha value is -5.10. The van der Waals surface area contributed by atoms with Crippen LogP contribution in [0.15, 0.2) is 109 Å². The summed E-state index contributed by atoms with van der Waals surface area (Å²) in [6.07, 6.45) is 0. The van der Waals surface area contributed by atoms with E-state index in [0.717, 1.165) is 33.9 Å². The average molecular weight is 465 g/mol. The van der Waals surface area contributed by atoms with Crippen molar-refractivity contribution in [1.82, 2.24) is 30.4 Å². The largest absolute Gasteiger partial charge is 0.259 e. The molecule has 6 nitrogen and oxygen atoms in total. The van der Waals surface area contributed by atoms with E-state index in [4.69, 9.17) is 9.97 Å². The first kappa shape index (κ1) is 20.3. The molecule has 7 rings (SSSR count). The summed E-state index contributed by atoms with van der Waals surface area (Å²) in [4.78, 5) is 9.52. The van der Waals surface area contributed by atoms with Crippen LogP contribution in [0.25, 0.3) is 67.1 Å². The molecule has 0 amide bonds. The fourth-order valence-electron chi connectivity index (χ4n) is 4.51. The lowest BCUT2D eigenvalue weighted by Gasteiger charge is -2.01. The molecular formula is C30H20N6. The summed E-state index contributed by atoms with van der Waals surface area (Å²) < 4.78 is 0. The van der Waals surface area contributed by atoms with Gasteiger partial charge in [-0.3, -0.25) is 10.2 Å². The number of benzene rings is 5. The molecule has 0 saturated heterocycles. The fourth-order valence-corrected chi connectivity index (χ4v) is 4.51. The zero-order chi connectivity index (χ0) is 23.9. The van der Waals surface area contributed by atoms with Gasteiger partial charge in [-0.25, -0.2) is 9.97 Å². The number of nitrogens with zero attached hydrogens (tertiary/aromatic N) is 4. The Morgan fingerprint density at radius 2 is 0.861 bits per heavy atom. The number of aromatic nitrogens is 6. The summed E-state index contributed by atoms with van der Waals surface area (Å²) in [5, 5.41) is 19.9. The topological polar surface area (TPSA) is 83.1 Å². The number of rotatable bonds is 4. The van der Waals surface area contributed by atoms with Gasteiger partial charge in [-0.1, -0.05) is 91.0 Å². The smallest absolute Gasteiger partial charge is 0.181 e. The van der Waals surface area contributed by atoms with Gasteiger partial charge < -0.3 is 0 Å². The first-order valence-electron chi connectivity index (χ1n) is 11.7. The highest BCUT2D eigenvalue weighted by Gasteiger charge is 2.12. The lowest BCUT2D eigenvalue weighted by atomic mass is 10.1. The van der Waals surface area contributed by atoms with Gasteiger partial charge >= 0.3 is 0 Å². The number of hydrogen-bond donors (Lipinski definition) is 2. The maximum absolute atomic E-state index is 4.76. The third-order valence-corrected chi connectivity index (χ3v) is 6.40. The highest BCUT2D eigenvalue weighted by molar-refractivity contribution is 5.87. The van der Waals surface area contributed by atoms with Gasteiger partial charge in [0.15, 0.2) is 23.3 Å². The Kier molecular flexibility index (Phi) is 4.67. The van der Waals surface area contributed by atoms with Crippen LogP contribution in [0, 0.1) is 0 Å². The van der Waals surface area contributed by atoms with Gasteiger partial charge in [0, 0.05) is 22.3 Å². The van der Waals surface area contributed by atoms with Crippen molar-refractivity contribution in [2.45, 2.75) is 0 Å². The minimum absolute atomic E-state index is 0.630. The molecule has 0 fully saturated rings. The molecule has 0 aliphatic heterocycles. The second kappa shape index (κ2) is 8.29. The van der Waals surface area contributed by atoms with Crippen molar-refractivity contribution in [3.63, 3.8) is 0 Å². The maximum Gasteiger partial charge on any atom is 0.181 e. The molecule has 0 bridgehead atoms. The molecule has 36 heavy (non-hydrogen) atoms. The van der Waals surface area contributed by atoms with Gasteiger partial charge in [0.2, 0.25) is 0 Å². The maximum atomic E-state index is 4.76. The lowest BCUT2D eigenvalue weighted by molar-refractivity contribution is 1.10. The minimum Gasteiger partial charge on any atom is -0.259 e. The highest BCUT2D eigenvalue weighted by atomic mass is 15.2. The summed E-state index contributed by atoms with van der Waals surface area (Å²) in [5.41, 5.74) is 3.79. The Bertz CT molecular complexity index is 1730. The van der Waals surface area contributed by atoms with Crippen LogP contribution < -0.4 is 0 Å². The predicted octanol–water partition coefficient (Wildman–Crippen LogP) is 6.90. The normalized spacial score (nSPS) is 11.3. The van der Waals surface area contributed by atoms with Crippen molar-refractivity contribution in [2.24, 2.45) is 0 Å². The van der Waals surface area contributed by atoms with Gasteiger partial charge in [-0.05, 0) is 39.7 Å². The van der Waals surface area contributed by atoms with Crippen LogP contribution in [0.1, 0.15) is 0 Å². The monoisotopic (exact) mass is 464 g/mol. The van der Waals surface area contributed by atoms with Crippen molar-refractivity contribution in [2.75, 3.05) is 0 Å². The average Bonchev–Trinajstić information content (AvgIpc) is 3.64. The van der Waals surface area contributed by atoms with E-state index in [1.54, 1.807) is 0 Å². The van der Waals surface area contributed by atoms with Crippen molar-refractivity contribution < 1.29 is 0 Å². The van der Waals surface area contributed by atoms with Gasteiger partial charge in [-0.15, -0.1) is 0 Å². The minimum atomic E-state index is 0.630. The Balaban J connectivity index is 1.19. The molecular weight excluding hydrogens is 444 g/mol. The molecule has 7 aromatic rings. The molecule has 0 aliphatic carbocycles. The molecule has 2 N–H and O–H groups in total. The van der Waals surface area contributed by atoms with Crippen LogP contribution in [-0.4, -0.2) is 30.4 Å². The van der Waals surface area contributed by atoms with Crippen LogP contribution in [0.3, 0.4) is 0 Å². The number of aromatic amines is 2. The van der Waals surface area contributed by atoms with E-state index in [-0.39, 0.29) is 0 Å². The van der Waals surface area contributed by atoms with Gasteiger partial charge in [0.05, 0.1) is 0 Å². The van der Waals surface area contributed by atoms with Crippen molar-refractivity contribution in [3.05, 3.63) is 109 Å². The zero-order valence-electron chi connectivity index (χ0n) is 19.2. The summed E-state index contributed by atoms with van der Waals surface area (Å²) >= 11 is 0. The SMILES string of the molecule is c1cc(-c2n[nH]c(-c3ccc4ccccc4c3)n2)cc(-c2n[nH]c(-c3ccc4ccccc4c3)n2)c1. The molecule has 2 aromatic heterocycles. The first-order valence-corrected chi connectivity index (χ1v) is 11.7. The molecule has 0 radical (unpaired) electrons. The third-order valence-electron chi connectivity index (χ3n) is 6.40. The lowest BCUT2D eigenvalue weighted by Crippen LogP contribution is -1.85. The molecule has 2 heterocycles. The Labute approximate surface area is 206 Å². The third kappa shape index (κ3) is 3.61. The van der Waals surface area contributed by atoms with Crippen LogP contribution in [0.5, 0.6) is 0 Å². The first-order chi connectivity index (χ1) is 17.8. The van der Waals surface area contributed by atoms with Crippen molar-refractivity contribution in [1.29, 1.82) is 0 Å². The summed E-state index contributed by atoms with van der Waals surface area (Å²) in [7, 11) is 0. The molecule has 0 spiro atoms. The van der Waals surface area contributed by atoms with Gasteiger partial charge in [0.1, 0.15) is 0 Å². The van der Waals surface area contributed by atoms with Gasteiger partial charge in [0.25, 0.3) is 0 Å². The van der Waals surface area contributed by atoms with E-state index >= 15 is 0 Å². The second-order valence-electron chi connectivity index (χ2n) is 8.72. The Morgan fingerprint density at radius 1 is 0.389 bits per heavy atom. The van der Waals surface area contributed by atoms with E-state index in [2.05, 4.69) is 81.1 Å². The van der Waals surface area contributed by atoms with E-state index in [1.165, 1.54) is 21.5 Å². The second-order valence-corrected chi connectivity index (χ2v) is 8.72. The van der Waals surface area contributed by atoms with Crippen LogP contribution in [-0.2, 0) is 0 Å². The molecule has 5 aromatic carbocycles. The summed E-state index contributed by atoms with van der Waals surface area (Å²) in [6.45, 7) is 0.